The average molecular weight is 226 g/mol. The number of nitrogens with zero attached hydrogens (tertiary/aromatic N) is 1. The van der Waals surface area contributed by atoms with Crippen LogP contribution in [0.3, 0.4) is 0 Å². The molecule has 1 aliphatic rings. The minimum Gasteiger partial charge on any atom is -0.497 e. The SMILES string of the molecule is COc1ccc2c(c1)CS(=O)(=O)N=C2N. The topological polar surface area (TPSA) is 81.8 Å². The molecule has 80 valence electrons. The summed E-state index contributed by atoms with van der Waals surface area (Å²) in [5, 5.41) is 0. The first kappa shape index (κ1) is 9.97. The molecule has 15 heavy (non-hydrogen) atoms. The van der Waals surface area contributed by atoms with Gasteiger partial charge in [0.1, 0.15) is 11.6 Å². The third kappa shape index (κ3) is 1.80. The second-order valence-electron chi connectivity index (χ2n) is 3.23. The quantitative estimate of drug-likeness (QED) is 0.743. The molecular weight excluding hydrogens is 216 g/mol. The van der Waals surface area contributed by atoms with Crippen LogP contribution in [0.25, 0.3) is 0 Å². The molecule has 0 aromatic heterocycles. The van der Waals surface area contributed by atoms with Gasteiger partial charge in [0.25, 0.3) is 10.0 Å². The first-order valence-electron chi connectivity index (χ1n) is 4.27. The van der Waals surface area contributed by atoms with E-state index in [0.29, 0.717) is 16.9 Å². The van der Waals surface area contributed by atoms with Crippen molar-refractivity contribution in [1.82, 2.24) is 0 Å². The summed E-state index contributed by atoms with van der Waals surface area (Å²) >= 11 is 0. The van der Waals surface area contributed by atoms with Crippen LogP contribution in [0.5, 0.6) is 5.75 Å². The number of benzene rings is 1. The van der Waals surface area contributed by atoms with Gasteiger partial charge in [-0.1, -0.05) is 0 Å². The van der Waals surface area contributed by atoms with Gasteiger partial charge in [-0.3, -0.25) is 0 Å². The first-order chi connectivity index (χ1) is 7.02. The van der Waals surface area contributed by atoms with Crippen molar-refractivity contribution in [3.63, 3.8) is 0 Å². The molecular formula is C9H10N2O3S. The molecule has 0 radical (unpaired) electrons. The van der Waals surface area contributed by atoms with Crippen molar-refractivity contribution in [2.75, 3.05) is 7.11 Å². The zero-order valence-corrected chi connectivity index (χ0v) is 8.91. The highest BCUT2D eigenvalue weighted by atomic mass is 32.2. The summed E-state index contributed by atoms with van der Waals surface area (Å²) in [5.41, 5.74) is 6.83. The standard InChI is InChI=1S/C9H10N2O3S/c1-14-7-2-3-8-6(4-7)5-15(12,13)11-9(8)10/h2-4H,5H2,1H3,(H2,10,11). The van der Waals surface area contributed by atoms with E-state index in [4.69, 9.17) is 10.5 Å². The predicted octanol–water partition coefficient (Wildman–Crippen LogP) is 0.244. The van der Waals surface area contributed by atoms with Gasteiger partial charge >= 0.3 is 0 Å². The molecule has 1 aromatic carbocycles. The van der Waals surface area contributed by atoms with E-state index in [1.165, 1.54) is 7.11 Å². The van der Waals surface area contributed by atoms with Gasteiger partial charge in [-0.15, -0.1) is 4.40 Å². The Bertz CT molecular complexity index is 534. The molecule has 0 atom stereocenters. The van der Waals surface area contributed by atoms with Gasteiger partial charge in [-0.05, 0) is 23.8 Å². The second-order valence-corrected chi connectivity index (χ2v) is 4.86. The molecule has 0 aliphatic carbocycles. The van der Waals surface area contributed by atoms with E-state index in [9.17, 15) is 8.42 Å². The number of hydrogen-bond acceptors (Lipinski definition) is 4. The van der Waals surface area contributed by atoms with Crippen molar-refractivity contribution in [2.24, 2.45) is 10.1 Å². The number of amidine groups is 1. The highest BCUT2D eigenvalue weighted by Gasteiger charge is 2.22. The van der Waals surface area contributed by atoms with Crippen molar-refractivity contribution in [1.29, 1.82) is 0 Å². The van der Waals surface area contributed by atoms with E-state index in [-0.39, 0.29) is 11.6 Å². The monoisotopic (exact) mass is 226 g/mol. The van der Waals surface area contributed by atoms with E-state index >= 15 is 0 Å². The van der Waals surface area contributed by atoms with Crippen LogP contribution in [-0.4, -0.2) is 21.4 Å². The molecule has 0 saturated heterocycles. The van der Waals surface area contributed by atoms with Gasteiger partial charge in [0.2, 0.25) is 0 Å². The fourth-order valence-corrected chi connectivity index (χ4v) is 2.59. The minimum absolute atomic E-state index is 0.0407. The number of sulfonamides is 1. The van der Waals surface area contributed by atoms with Crippen molar-refractivity contribution < 1.29 is 13.2 Å². The second kappa shape index (κ2) is 3.23. The summed E-state index contributed by atoms with van der Waals surface area (Å²) < 4.78 is 31.1. The molecule has 1 heterocycles. The van der Waals surface area contributed by atoms with Crippen LogP contribution < -0.4 is 10.5 Å². The van der Waals surface area contributed by atoms with Crippen molar-refractivity contribution >= 4 is 15.9 Å². The van der Waals surface area contributed by atoms with Crippen molar-refractivity contribution in [3.05, 3.63) is 29.3 Å². The lowest BCUT2D eigenvalue weighted by Crippen LogP contribution is -2.23. The summed E-state index contributed by atoms with van der Waals surface area (Å²) in [7, 11) is -1.94. The number of rotatable bonds is 1. The molecule has 0 bridgehead atoms. The molecule has 2 rings (SSSR count). The van der Waals surface area contributed by atoms with Gasteiger partial charge in [-0.25, -0.2) is 8.42 Å². The number of nitrogens with two attached hydrogens (primary N) is 1. The van der Waals surface area contributed by atoms with Crippen LogP contribution in [0.1, 0.15) is 11.1 Å². The third-order valence-corrected chi connectivity index (χ3v) is 3.31. The van der Waals surface area contributed by atoms with E-state index in [1.807, 2.05) is 0 Å². The van der Waals surface area contributed by atoms with Gasteiger partial charge in [-0.2, -0.15) is 0 Å². The van der Waals surface area contributed by atoms with Crippen LogP contribution in [-0.2, 0) is 15.8 Å². The lowest BCUT2D eigenvalue weighted by atomic mass is 10.1. The predicted molar refractivity (Wildman–Crippen MR) is 56.3 cm³/mol. The number of fused-ring (bicyclic) bond motifs is 1. The Balaban J connectivity index is 2.60. The maximum absolute atomic E-state index is 11.3. The number of hydrogen-bond donors (Lipinski definition) is 1. The van der Waals surface area contributed by atoms with E-state index < -0.39 is 10.0 Å². The zero-order valence-electron chi connectivity index (χ0n) is 8.10. The highest BCUT2D eigenvalue weighted by Crippen LogP contribution is 2.23. The van der Waals surface area contributed by atoms with Gasteiger partial charge in [0.15, 0.2) is 0 Å². The molecule has 0 saturated carbocycles. The van der Waals surface area contributed by atoms with Crippen LogP contribution in [0.15, 0.2) is 22.6 Å². The van der Waals surface area contributed by atoms with Gasteiger partial charge in [0, 0.05) is 5.56 Å². The molecule has 0 unspecified atom stereocenters. The smallest absolute Gasteiger partial charge is 0.259 e. The summed E-state index contributed by atoms with van der Waals surface area (Å²) in [4.78, 5) is 0. The van der Waals surface area contributed by atoms with E-state index in [2.05, 4.69) is 4.40 Å². The summed E-state index contributed by atoms with van der Waals surface area (Å²) in [6.07, 6.45) is 0. The molecule has 0 fully saturated rings. The Hall–Kier alpha value is -1.56. The Morgan fingerprint density at radius 1 is 1.47 bits per heavy atom. The normalized spacial score (nSPS) is 17.8. The van der Waals surface area contributed by atoms with E-state index in [0.717, 1.165) is 0 Å². The van der Waals surface area contributed by atoms with Gasteiger partial charge in [0.05, 0.1) is 12.9 Å². The van der Waals surface area contributed by atoms with Crippen LogP contribution in [0.2, 0.25) is 0 Å². The lowest BCUT2D eigenvalue weighted by Gasteiger charge is -2.14. The Kier molecular flexibility index (Phi) is 2.15. The van der Waals surface area contributed by atoms with Crippen LogP contribution in [0.4, 0.5) is 0 Å². The van der Waals surface area contributed by atoms with E-state index in [1.54, 1.807) is 18.2 Å². The fraction of sp³-hybridized carbons (Fsp3) is 0.222. The van der Waals surface area contributed by atoms with Crippen molar-refractivity contribution in [2.45, 2.75) is 5.75 Å². The first-order valence-corrected chi connectivity index (χ1v) is 5.88. The third-order valence-electron chi connectivity index (χ3n) is 2.16. The maximum atomic E-state index is 11.3. The lowest BCUT2D eigenvalue weighted by molar-refractivity contribution is 0.414. The van der Waals surface area contributed by atoms with Crippen molar-refractivity contribution in [3.8, 4) is 5.75 Å². The van der Waals surface area contributed by atoms with Crippen LogP contribution in [0, 0.1) is 0 Å². The fourth-order valence-electron chi connectivity index (χ4n) is 1.49. The molecule has 0 amide bonds. The summed E-state index contributed by atoms with van der Waals surface area (Å²) in [6.45, 7) is 0. The molecule has 6 heteroatoms. The Labute approximate surface area is 87.6 Å². The maximum Gasteiger partial charge on any atom is 0.259 e. The molecule has 1 aliphatic heterocycles. The Morgan fingerprint density at radius 3 is 2.87 bits per heavy atom. The minimum atomic E-state index is -3.46. The largest absolute Gasteiger partial charge is 0.497 e. The molecule has 5 nitrogen and oxygen atoms in total. The molecule has 0 spiro atoms. The number of ether oxygens (including phenoxy) is 1. The zero-order chi connectivity index (χ0) is 11.1. The van der Waals surface area contributed by atoms with Crippen LogP contribution >= 0.6 is 0 Å². The summed E-state index contributed by atoms with van der Waals surface area (Å²) in [5.74, 6) is 0.526. The number of methoxy groups -OCH3 is 1. The highest BCUT2D eigenvalue weighted by molar-refractivity contribution is 7.89. The average Bonchev–Trinajstić information content (AvgIpc) is 2.14. The summed E-state index contributed by atoms with van der Waals surface area (Å²) in [6, 6.07) is 5.09. The van der Waals surface area contributed by atoms with Gasteiger partial charge < -0.3 is 10.5 Å². The Morgan fingerprint density at radius 2 is 2.20 bits per heavy atom. The molecule has 1 aromatic rings. The molecule has 2 N–H and O–H groups in total.